The molecule has 1 unspecified atom stereocenters. The molecule has 1 saturated heterocycles. The van der Waals surface area contributed by atoms with E-state index in [-0.39, 0.29) is 16.9 Å². The van der Waals surface area contributed by atoms with Gasteiger partial charge in [0.2, 0.25) is 0 Å². The molecule has 1 aliphatic heterocycles. The van der Waals surface area contributed by atoms with Crippen LogP contribution in [0.5, 0.6) is 5.75 Å². The van der Waals surface area contributed by atoms with Crippen molar-refractivity contribution in [3.8, 4) is 5.75 Å². The lowest BCUT2D eigenvalue weighted by Crippen LogP contribution is -2.31. The predicted molar refractivity (Wildman–Crippen MR) is 126 cm³/mol. The highest BCUT2D eigenvalue weighted by molar-refractivity contribution is 6.46. The number of aliphatic hydroxyl groups excluding tert-OH is 1. The van der Waals surface area contributed by atoms with Crippen LogP contribution in [0.3, 0.4) is 0 Å². The Morgan fingerprint density at radius 3 is 2.52 bits per heavy atom. The highest BCUT2D eigenvalue weighted by Gasteiger charge is 2.46. The molecule has 0 saturated carbocycles. The molecule has 0 aliphatic carbocycles. The van der Waals surface area contributed by atoms with Gasteiger partial charge in [0.15, 0.2) is 0 Å². The molecule has 0 aromatic heterocycles. The Morgan fingerprint density at radius 2 is 1.88 bits per heavy atom. The van der Waals surface area contributed by atoms with Gasteiger partial charge < -0.3 is 14.7 Å². The van der Waals surface area contributed by atoms with E-state index in [4.69, 9.17) is 4.74 Å². The lowest BCUT2D eigenvalue weighted by atomic mass is 9.94. The Kier molecular flexibility index (Phi) is 7.90. The number of halogens is 1. The zero-order valence-electron chi connectivity index (χ0n) is 19.7. The number of benzene rings is 2. The first-order chi connectivity index (χ1) is 15.8. The molecule has 1 aliphatic rings. The van der Waals surface area contributed by atoms with Gasteiger partial charge in [0.1, 0.15) is 17.3 Å². The molecule has 2 aromatic rings. The van der Waals surface area contributed by atoms with Crippen LogP contribution < -0.4 is 4.74 Å². The number of hydrogen-bond donors (Lipinski definition) is 1. The maximum Gasteiger partial charge on any atom is 0.295 e. The summed E-state index contributed by atoms with van der Waals surface area (Å²) in [6.45, 7) is 8.87. The Bertz CT molecular complexity index is 1060. The average molecular weight is 454 g/mol. The Morgan fingerprint density at radius 1 is 1.15 bits per heavy atom. The molecule has 1 heterocycles. The van der Waals surface area contributed by atoms with E-state index in [2.05, 4.69) is 13.8 Å². The summed E-state index contributed by atoms with van der Waals surface area (Å²) in [7, 11) is 0. The number of likely N-dealkylation sites (tertiary alicyclic amines) is 1. The van der Waals surface area contributed by atoms with Crippen molar-refractivity contribution in [2.75, 3.05) is 13.2 Å². The van der Waals surface area contributed by atoms with E-state index in [0.717, 1.165) is 18.4 Å². The summed E-state index contributed by atoms with van der Waals surface area (Å²) in [5, 5.41) is 11.2. The van der Waals surface area contributed by atoms with Gasteiger partial charge in [-0.15, -0.1) is 0 Å². The van der Waals surface area contributed by atoms with Gasteiger partial charge in [-0.05, 0) is 49.1 Å². The first-order valence-corrected chi connectivity index (χ1v) is 11.5. The van der Waals surface area contributed by atoms with Crippen LogP contribution in [0.15, 0.2) is 48.0 Å². The molecule has 5 nitrogen and oxygen atoms in total. The summed E-state index contributed by atoms with van der Waals surface area (Å²) in [4.78, 5) is 27.3. The molecule has 0 spiro atoms. The molecule has 2 aromatic carbocycles. The minimum Gasteiger partial charge on any atom is -0.507 e. The third-order valence-corrected chi connectivity index (χ3v) is 5.76. The molecular formula is C27H32FNO4. The first-order valence-electron chi connectivity index (χ1n) is 11.5. The van der Waals surface area contributed by atoms with Crippen molar-refractivity contribution in [3.05, 3.63) is 70.5 Å². The van der Waals surface area contributed by atoms with Crippen LogP contribution in [0.25, 0.3) is 5.76 Å². The van der Waals surface area contributed by atoms with Crippen LogP contribution in [0, 0.1) is 18.7 Å². The summed E-state index contributed by atoms with van der Waals surface area (Å²) < 4.78 is 20.6. The largest absolute Gasteiger partial charge is 0.507 e. The molecule has 176 valence electrons. The Balaban J connectivity index is 2.07. The molecular weight excluding hydrogens is 421 g/mol. The fraction of sp³-hybridized carbons (Fsp3) is 0.407. The molecule has 0 radical (unpaired) electrons. The van der Waals surface area contributed by atoms with Crippen molar-refractivity contribution in [3.63, 3.8) is 0 Å². The van der Waals surface area contributed by atoms with E-state index in [0.29, 0.717) is 36.8 Å². The highest BCUT2D eigenvalue weighted by atomic mass is 19.1. The number of rotatable bonds is 9. The summed E-state index contributed by atoms with van der Waals surface area (Å²) >= 11 is 0. The predicted octanol–water partition coefficient (Wildman–Crippen LogP) is 5.78. The number of unbranched alkanes of at least 4 members (excludes halogenated alkanes) is 2. The third kappa shape index (κ3) is 5.27. The number of ketones is 1. The highest BCUT2D eigenvalue weighted by Crippen LogP contribution is 2.40. The van der Waals surface area contributed by atoms with Crippen LogP contribution in [-0.2, 0) is 9.59 Å². The van der Waals surface area contributed by atoms with E-state index < -0.39 is 23.5 Å². The van der Waals surface area contributed by atoms with Crippen molar-refractivity contribution in [2.24, 2.45) is 5.92 Å². The van der Waals surface area contributed by atoms with Gasteiger partial charge >= 0.3 is 0 Å². The van der Waals surface area contributed by atoms with Crippen molar-refractivity contribution in [1.82, 2.24) is 4.90 Å². The maximum absolute atomic E-state index is 14.8. The molecule has 6 heteroatoms. The summed E-state index contributed by atoms with van der Waals surface area (Å²) in [6, 6.07) is 10.2. The first kappa shape index (κ1) is 24.5. The Labute approximate surface area is 194 Å². The topological polar surface area (TPSA) is 66.8 Å². The molecule has 1 amide bonds. The van der Waals surface area contributed by atoms with Crippen LogP contribution in [0.4, 0.5) is 4.39 Å². The summed E-state index contributed by atoms with van der Waals surface area (Å²) in [5.74, 6) is -1.29. The number of ether oxygens (including phenoxy) is 1. The van der Waals surface area contributed by atoms with E-state index >= 15 is 0 Å². The van der Waals surface area contributed by atoms with E-state index in [1.165, 1.54) is 11.0 Å². The quantitative estimate of drug-likeness (QED) is 0.226. The standard InChI is InChI=1S/C27H32FNO4/c1-5-6-9-14-29-24(20-10-7-8-11-21(20)28)23(26(31)27(29)32)25(30)19-12-13-22(18(4)15-19)33-16-17(2)3/h7-8,10-13,15,17,24,30H,5-6,9,14,16H2,1-4H3/b25-23+. The fourth-order valence-corrected chi connectivity index (χ4v) is 4.03. The smallest absolute Gasteiger partial charge is 0.295 e. The van der Waals surface area contributed by atoms with Gasteiger partial charge in [-0.1, -0.05) is 51.8 Å². The number of carbonyl (C=O) groups excluding carboxylic acids is 2. The van der Waals surface area contributed by atoms with Crippen molar-refractivity contribution < 1.29 is 23.8 Å². The lowest BCUT2D eigenvalue weighted by molar-refractivity contribution is -0.139. The van der Waals surface area contributed by atoms with Crippen molar-refractivity contribution in [1.29, 1.82) is 0 Å². The monoisotopic (exact) mass is 453 g/mol. The number of Topliss-reactive ketones (excluding diaryl/α,β-unsaturated/α-hetero) is 1. The van der Waals surface area contributed by atoms with E-state index in [1.54, 1.807) is 36.4 Å². The summed E-state index contributed by atoms with van der Waals surface area (Å²) in [6.07, 6.45) is 2.51. The number of carbonyl (C=O) groups is 2. The molecule has 1 N–H and O–H groups in total. The van der Waals surface area contributed by atoms with Gasteiger partial charge in [-0.25, -0.2) is 4.39 Å². The molecule has 0 bridgehead atoms. The van der Waals surface area contributed by atoms with Crippen LogP contribution in [0.2, 0.25) is 0 Å². The van der Waals surface area contributed by atoms with Crippen molar-refractivity contribution in [2.45, 2.75) is 53.0 Å². The van der Waals surface area contributed by atoms with Crippen LogP contribution in [-0.4, -0.2) is 34.8 Å². The second-order valence-electron chi connectivity index (χ2n) is 8.91. The zero-order valence-corrected chi connectivity index (χ0v) is 19.7. The minimum atomic E-state index is -0.972. The fourth-order valence-electron chi connectivity index (χ4n) is 4.03. The second kappa shape index (κ2) is 10.6. The lowest BCUT2D eigenvalue weighted by Gasteiger charge is -2.25. The van der Waals surface area contributed by atoms with Crippen LogP contribution in [0.1, 0.15) is 62.8 Å². The van der Waals surface area contributed by atoms with E-state index in [9.17, 15) is 19.1 Å². The normalized spacial score (nSPS) is 17.8. The Hall–Kier alpha value is -3.15. The van der Waals surface area contributed by atoms with Gasteiger partial charge in [0, 0.05) is 17.7 Å². The minimum absolute atomic E-state index is 0.0863. The number of nitrogens with zero attached hydrogens (tertiary/aromatic N) is 1. The molecule has 1 fully saturated rings. The zero-order chi connectivity index (χ0) is 24.1. The SMILES string of the molecule is CCCCCN1C(=O)C(=O)/C(=C(/O)c2ccc(OCC(C)C)c(C)c2)C1c1ccccc1F. The molecule has 33 heavy (non-hydrogen) atoms. The van der Waals surface area contributed by atoms with Gasteiger partial charge in [0.25, 0.3) is 11.7 Å². The van der Waals surface area contributed by atoms with Crippen molar-refractivity contribution >= 4 is 17.4 Å². The van der Waals surface area contributed by atoms with Gasteiger partial charge in [0.05, 0.1) is 18.2 Å². The number of aliphatic hydroxyl groups is 1. The maximum atomic E-state index is 14.8. The summed E-state index contributed by atoms with van der Waals surface area (Å²) in [5.41, 5.74) is 1.29. The van der Waals surface area contributed by atoms with Crippen LogP contribution >= 0.6 is 0 Å². The average Bonchev–Trinajstić information content (AvgIpc) is 3.03. The molecule has 3 rings (SSSR count). The van der Waals surface area contributed by atoms with E-state index in [1.807, 2.05) is 13.8 Å². The number of amides is 1. The third-order valence-electron chi connectivity index (χ3n) is 5.76. The number of aryl methyl sites for hydroxylation is 1. The number of hydrogen-bond acceptors (Lipinski definition) is 4. The molecule has 1 atom stereocenters. The second-order valence-corrected chi connectivity index (χ2v) is 8.91. The van der Waals surface area contributed by atoms with Gasteiger partial charge in [-0.2, -0.15) is 0 Å². The van der Waals surface area contributed by atoms with Gasteiger partial charge in [-0.3, -0.25) is 9.59 Å².